The predicted octanol–water partition coefficient (Wildman–Crippen LogP) is 2.65. The van der Waals surface area contributed by atoms with E-state index in [1.807, 2.05) is 0 Å². The number of halogens is 3. The summed E-state index contributed by atoms with van der Waals surface area (Å²) in [4.78, 5) is 11.1. The molecule has 0 unspecified atom stereocenters. The zero-order valence-electron chi connectivity index (χ0n) is 9.22. The number of carbonyl (C=O) groups is 1. The molecular weight excluding hydrogens is 237 g/mol. The summed E-state index contributed by atoms with van der Waals surface area (Å²) in [5, 5.41) is 18.9. The van der Waals surface area contributed by atoms with Crippen LogP contribution < -0.4 is 0 Å². The number of carbonyl (C=O) groups excluding carboxylic acids is 1. The van der Waals surface area contributed by atoms with Crippen LogP contribution in [0.2, 0.25) is 0 Å². The second-order valence-corrected chi connectivity index (χ2v) is 3.83. The minimum atomic E-state index is -1.74. The Labute approximate surface area is 95.5 Å². The lowest BCUT2D eigenvalue weighted by Crippen LogP contribution is -2.09. The van der Waals surface area contributed by atoms with E-state index in [1.54, 1.807) is 0 Å². The van der Waals surface area contributed by atoms with E-state index in [0.29, 0.717) is 0 Å². The Morgan fingerprint density at radius 2 is 1.71 bits per heavy atom. The molecule has 0 amide bonds. The topological polar surface area (TPSA) is 57.5 Å². The van der Waals surface area contributed by atoms with Gasteiger partial charge < -0.3 is 10.2 Å². The minimum absolute atomic E-state index is 0.319. The standard InChI is InChI=1S/C11H11F3O3/c1-4(2)6-10(16)7(5(15)3-12)8(13)9(14)11(6)17/h4,16-17H,3H2,1-2H3. The van der Waals surface area contributed by atoms with Crippen LogP contribution in [0.5, 0.6) is 11.5 Å². The zero-order valence-corrected chi connectivity index (χ0v) is 9.22. The highest BCUT2D eigenvalue weighted by molar-refractivity contribution is 6.00. The van der Waals surface area contributed by atoms with Gasteiger partial charge in [0.25, 0.3) is 0 Å². The number of alkyl halides is 1. The van der Waals surface area contributed by atoms with E-state index in [9.17, 15) is 28.2 Å². The average Bonchev–Trinajstić information content (AvgIpc) is 2.25. The molecule has 0 radical (unpaired) electrons. The van der Waals surface area contributed by atoms with Crippen LogP contribution in [0.4, 0.5) is 13.2 Å². The molecule has 0 spiro atoms. The average molecular weight is 248 g/mol. The first kappa shape index (κ1) is 13.3. The van der Waals surface area contributed by atoms with Crippen molar-refractivity contribution in [1.82, 2.24) is 0 Å². The number of ketones is 1. The molecule has 0 aromatic heterocycles. The molecule has 1 aromatic carbocycles. The van der Waals surface area contributed by atoms with Crippen LogP contribution in [0.3, 0.4) is 0 Å². The minimum Gasteiger partial charge on any atom is -0.507 e. The number of hydrogen-bond acceptors (Lipinski definition) is 3. The second kappa shape index (κ2) is 4.65. The SMILES string of the molecule is CC(C)c1c(O)c(F)c(F)c(C(=O)CF)c1O. The van der Waals surface area contributed by atoms with Crippen LogP contribution in [-0.4, -0.2) is 22.7 Å². The predicted molar refractivity (Wildman–Crippen MR) is 54.1 cm³/mol. The van der Waals surface area contributed by atoms with Gasteiger partial charge in [-0.15, -0.1) is 0 Å². The third kappa shape index (κ3) is 2.07. The molecule has 1 aromatic rings. The van der Waals surface area contributed by atoms with E-state index < -0.39 is 47.1 Å². The maximum absolute atomic E-state index is 13.3. The van der Waals surface area contributed by atoms with Crippen molar-refractivity contribution in [2.24, 2.45) is 0 Å². The van der Waals surface area contributed by atoms with Crippen LogP contribution in [0, 0.1) is 11.6 Å². The highest BCUT2D eigenvalue weighted by Crippen LogP contribution is 2.40. The van der Waals surface area contributed by atoms with Gasteiger partial charge in [-0.05, 0) is 5.92 Å². The molecule has 2 N–H and O–H groups in total. The van der Waals surface area contributed by atoms with E-state index in [4.69, 9.17) is 0 Å². The third-order valence-corrected chi connectivity index (χ3v) is 2.34. The van der Waals surface area contributed by atoms with Crippen molar-refractivity contribution in [1.29, 1.82) is 0 Å². The zero-order chi connectivity index (χ0) is 13.3. The quantitative estimate of drug-likeness (QED) is 0.808. The van der Waals surface area contributed by atoms with Gasteiger partial charge in [0, 0.05) is 5.56 Å². The number of phenols is 2. The highest BCUT2D eigenvalue weighted by atomic mass is 19.2. The molecule has 0 aliphatic carbocycles. The monoisotopic (exact) mass is 248 g/mol. The maximum atomic E-state index is 13.3. The van der Waals surface area contributed by atoms with Crippen molar-refractivity contribution >= 4 is 5.78 Å². The summed E-state index contributed by atoms with van der Waals surface area (Å²) in [5.41, 5.74) is -1.38. The van der Waals surface area contributed by atoms with Gasteiger partial charge in [0.05, 0.1) is 0 Å². The highest BCUT2D eigenvalue weighted by Gasteiger charge is 2.29. The van der Waals surface area contributed by atoms with E-state index in [0.717, 1.165) is 0 Å². The van der Waals surface area contributed by atoms with Crippen LogP contribution in [0.25, 0.3) is 0 Å². The molecule has 0 atom stereocenters. The van der Waals surface area contributed by atoms with E-state index in [1.165, 1.54) is 13.8 Å². The van der Waals surface area contributed by atoms with Crippen molar-refractivity contribution in [3.8, 4) is 11.5 Å². The van der Waals surface area contributed by atoms with Gasteiger partial charge >= 0.3 is 0 Å². The smallest absolute Gasteiger partial charge is 0.201 e. The van der Waals surface area contributed by atoms with Gasteiger partial charge in [-0.1, -0.05) is 13.8 Å². The maximum Gasteiger partial charge on any atom is 0.201 e. The van der Waals surface area contributed by atoms with E-state index in [-0.39, 0.29) is 5.56 Å². The van der Waals surface area contributed by atoms with Crippen LogP contribution in [-0.2, 0) is 0 Å². The molecule has 0 heterocycles. The molecule has 3 nitrogen and oxygen atoms in total. The van der Waals surface area contributed by atoms with Crippen LogP contribution in [0.15, 0.2) is 0 Å². The van der Waals surface area contributed by atoms with Gasteiger partial charge in [0.15, 0.2) is 18.2 Å². The number of Topliss-reactive ketones (excluding diaryl/α,β-unsaturated/α-hetero) is 1. The molecule has 0 aliphatic rings. The molecule has 1 rings (SSSR count). The first-order chi connectivity index (χ1) is 7.82. The lowest BCUT2D eigenvalue weighted by atomic mass is 9.95. The second-order valence-electron chi connectivity index (χ2n) is 3.83. The van der Waals surface area contributed by atoms with Gasteiger partial charge in [-0.3, -0.25) is 4.79 Å². The Morgan fingerprint density at radius 3 is 2.12 bits per heavy atom. The fourth-order valence-electron chi connectivity index (χ4n) is 1.55. The molecular formula is C11H11F3O3. The van der Waals surface area contributed by atoms with Crippen molar-refractivity contribution in [3.63, 3.8) is 0 Å². The lowest BCUT2D eigenvalue weighted by Gasteiger charge is -2.15. The molecule has 0 saturated heterocycles. The van der Waals surface area contributed by atoms with Gasteiger partial charge in [0.2, 0.25) is 11.6 Å². The van der Waals surface area contributed by atoms with Crippen molar-refractivity contribution in [2.75, 3.05) is 6.67 Å². The summed E-state index contributed by atoms with van der Waals surface area (Å²) in [5.74, 6) is -7.32. The Bertz CT molecular complexity index is 470. The summed E-state index contributed by atoms with van der Waals surface area (Å²) < 4.78 is 38.8. The Hall–Kier alpha value is -1.72. The molecule has 0 fully saturated rings. The fourth-order valence-corrected chi connectivity index (χ4v) is 1.55. The number of rotatable bonds is 3. The summed E-state index contributed by atoms with van der Waals surface area (Å²) in [6.07, 6.45) is 0. The van der Waals surface area contributed by atoms with Crippen LogP contribution >= 0.6 is 0 Å². The molecule has 0 saturated carbocycles. The van der Waals surface area contributed by atoms with Crippen molar-refractivity contribution in [3.05, 3.63) is 22.8 Å². The number of aromatic hydroxyl groups is 2. The third-order valence-electron chi connectivity index (χ3n) is 2.34. The molecule has 17 heavy (non-hydrogen) atoms. The molecule has 94 valence electrons. The number of benzene rings is 1. The van der Waals surface area contributed by atoms with Gasteiger partial charge in [0.1, 0.15) is 11.3 Å². The van der Waals surface area contributed by atoms with Gasteiger partial charge in [-0.2, -0.15) is 4.39 Å². The summed E-state index contributed by atoms with van der Waals surface area (Å²) in [7, 11) is 0. The summed E-state index contributed by atoms with van der Waals surface area (Å²) >= 11 is 0. The number of phenolic OH excluding ortho intramolecular Hbond substituents is 2. The van der Waals surface area contributed by atoms with Crippen LogP contribution in [0.1, 0.15) is 35.7 Å². The van der Waals surface area contributed by atoms with E-state index >= 15 is 0 Å². The van der Waals surface area contributed by atoms with E-state index in [2.05, 4.69) is 0 Å². The molecule has 0 aliphatic heterocycles. The van der Waals surface area contributed by atoms with Crippen molar-refractivity contribution < 1.29 is 28.2 Å². The van der Waals surface area contributed by atoms with Crippen molar-refractivity contribution in [2.45, 2.75) is 19.8 Å². The Balaban J connectivity index is 3.68. The normalized spacial score (nSPS) is 10.9. The number of hydrogen-bond donors (Lipinski definition) is 2. The lowest BCUT2D eigenvalue weighted by molar-refractivity contribution is 0.0950. The first-order valence-electron chi connectivity index (χ1n) is 4.84. The first-order valence-corrected chi connectivity index (χ1v) is 4.84. The molecule has 6 heteroatoms. The molecule has 0 bridgehead atoms. The Kier molecular flexibility index (Phi) is 3.65. The largest absolute Gasteiger partial charge is 0.507 e. The fraction of sp³-hybridized carbons (Fsp3) is 0.364. The summed E-state index contributed by atoms with van der Waals surface area (Å²) in [6, 6.07) is 0. The Morgan fingerprint density at radius 1 is 1.18 bits per heavy atom. The summed E-state index contributed by atoms with van der Waals surface area (Å²) in [6.45, 7) is 1.43. The van der Waals surface area contributed by atoms with Gasteiger partial charge in [-0.25, -0.2) is 8.78 Å².